The fourth-order valence-corrected chi connectivity index (χ4v) is 5.47. The standard InChI is InChI=1S/C28H34FN3O3S/c1-3-4-8-15-28(34)16-17-32(18-24(28)35-23-9-6-5-7-10-23)19-25(33)30-27-31-26(20(2)36-27)21-11-13-22(29)14-12-21/h5-7,9-14,24,34H,3-4,8,15-19H2,1-2H3,(H,30,31,33)/t24-,28-/m0/s1. The minimum absolute atomic E-state index is 0.163. The number of hydrogen-bond acceptors (Lipinski definition) is 6. The van der Waals surface area contributed by atoms with Crippen molar-refractivity contribution in [3.05, 3.63) is 65.3 Å². The summed E-state index contributed by atoms with van der Waals surface area (Å²) >= 11 is 1.40. The average Bonchev–Trinajstić information content (AvgIpc) is 3.22. The van der Waals surface area contributed by atoms with Crippen molar-refractivity contribution in [1.82, 2.24) is 9.88 Å². The summed E-state index contributed by atoms with van der Waals surface area (Å²) in [6.45, 7) is 5.34. The fourth-order valence-electron chi connectivity index (χ4n) is 4.62. The average molecular weight is 512 g/mol. The van der Waals surface area contributed by atoms with Crippen LogP contribution in [0.15, 0.2) is 54.6 Å². The first kappa shape index (κ1) is 26.3. The number of thiazole rings is 1. The Morgan fingerprint density at radius 2 is 1.97 bits per heavy atom. The van der Waals surface area contributed by atoms with Gasteiger partial charge in [-0.1, -0.05) is 44.4 Å². The van der Waals surface area contributed by atoms with Gasteiger partial charge in [-0.25, -0.2) is 9.37 Å². The molecule has 36 heavy (non-hydrogen) atoms. The Bertz CT molecular complexity index is 1140. The smallest absolute Gasteiger partial charge is 0.240 e. The van der Waals surface area contributed by atoms with Gasteiger partial charge in [-0.3, -0.25) is 9.69 Å². The molecule has 0 saturated carbocycles. The van der Waals surface area contributed by atoms with Crippen LogP contribution in [0.3, 0.4) is 0 Å². The van der Waals surface area contributed by atoms with Crippen LogP contribution < -0.4 is 10.1 Å². The zero-order valence-electron chi connectivity index (χ0n) is 20.9. The lowest BCUT2D eigenvalue weighted by molar-refractivity contribution is -0.127. The van der Waals surface area contributed by atoms with Crippen molar-refractivity contribution in [2.24, 2.45) is 0 Å². The van der Waals surface area contributed by atoms with E-state index < -0.39 is 11.7 Å². The predicted molar refractivity (Wildman–Crippen MR) is 142 cm³/mol. The summed E-state index contributed by atoms with van der Waals surface area (Å²) in [6.07, 6.45) is 3.91. The first-order valence-electron chi connectivity index (χ1n) is 12.6. The maximum absolute atomic E-state index is 13.3. The van der Waals surface area contributed by atoms with Crippen LogP contribution in [0, 0.1) is 12.7 Å². The molecule has 1 fully saturated rings. The van der Waals surface area contributed by atoms with Crippen molar-refractivity contribution in [3.63, 3.8) is 0 Å². The van der Waals surface area contributed by atoms with Crippen LogP contribution in [-0.4, -0.2) is 52.2 Å². The van der Waals surface area contributed by atoms with Gasteiger partial charge >= 0.3 is 0 Å². The number of aromatic nitrogens is 1. The molecule has 2 heterocycles. The van der Waals surface area contributed by atoms with Gasteiger partial charge in [0.2, 0.25) is 5.91 Å². The van der Waals surface area contributed by atoms with Gasteiger partial charge in [0.15, 0.2) is 5.13 Å². The van der Waals surface area contributed by atoms with Crippen molar-refractivity contribution in [3.8, 4) is 17.0 Å². The van der Waals surface area contributed by atoms with E-state index >= 15 is 0 Å². The van der Waals surface area contributed by atoms with Gasteiger partial charge in [0.05, 0.1) is 12.2 Å². The summed E-state index contributed by atoms with van der Waals surface area (Å²) in [7, 11) is 0. The molecule has 1 amide bonds. The number of hydrogen-bond donors (Lipinski definition) is 2. The van der Waals surface area contributed by atoms with E-state index in [0.29, 0.717) is 36.8 Å². The molecule has 0 unspecified atom stereocenters. The van der Waals surface area contributed by atoms with Crippen molar-refractivity contribution in [2.75, 3.05) is 25.0 Å². The Hall–Kier alpha value is -2.81. The Morgan fingerprint density at radius 1 is 1.22 bits per heavy atom. The van der Waals surface area contributed by atoms with E-state index in [4.69, 9.17) is 4.74 Å². The van der Waals surface area contributed by atoms with E-state index in [1.165, 1.54) is 23.5 Å². The van der Waals surface area contributed by atoms with Crippen LogP contribution in [0.1, 0.15) is 43.9 Å². The third kappa shape index (κ3) is 6.69. The summed E-state index contributed by atoms with van der Waals surface area (Å²) in [4.78, 5) is 20.4. The third-order valence-corrected chi connectivity index (χ3v) is 7.53. The Morgan fingerprint density at radius 3 is 2.69 bits per heavy atom. The molecule has 0 spiro atoms. The highest BCUT2D eigenvalue weighted by Crippen LogP contribution is 2.33. The molecular formula is C28H34FN3O3S. The summed E-state index contributed by atoms with van der Waals surface area (Å²) in [5.74, 6) is 0.257. The number of carbonyl (C=O) groups is 1. The summed E-state index contributed by atoms with van der Waals surface area (Å²) in [5, 5.41) is 14.9. The number of aryl methyl sites for hydroxylation is 1. The van der Waals surface area contributed by atoms with Crippen molar-refractivity contribution >= 4 is 22.4 Å². The van der Waals surface area contributed by atoms with E-state index in [-0.39, 0.29) is 18.3 Å². The molecule has 1 saturated heterocycles. The van der Waals surface area contributed by atoms with Gasteiger partial charge in [0, 0.05) is 23.5 Å². The number of unbranched alkanes of at least 4 members (excludes halogenated alkanes) is 2. The molecular weight excluding hydrogens is 477 g/mol. The monoisotopic (exact) mass is 511 g/mol. The zero-order valence-corrected chi connectivity index (χ0v) is 21.7. The molecule has 1 aliphatic heterocycles. The van der Waals surface area contributed by atoms with Crippen LogP contribution in [0.4, 0.5) is 9.52 Å². The molecule has 192 valence electrons. The normalized spacial score (nSPS) is 20.3. The number of amides is 1. The second-order valence-corrected chi connectivity index (χ2v) is 10.6. The third-order valence-electron chi connectivity index (χ3n) is 6.65. The molecule has 8 heteroatoms. The molecule has 2 atom stereocenters. The molecule has 2 N–H and O–H groups in total. The highest BCUT2D eigenvalue weighted by molar-refractivity contribution is 7.16. The molecule has 6 nitrogen and oxygen atoms in total. The highest BCUT2D eigenvalue weighted by Gasteiger charge is 2.43. The molecule has 0 bridgehead atoms. The first-order chi connectivity index (χ1) is 17.4. The first-order valence-corrected chi connectivity index (χ1v) is 13.4. The topological polar surface area (TPSA) is 74.7 Å². The Balaban J connectivity index is 1.39. The minimum atomic E-state index is -0.922. The van der Waals surface area contributed by atoms with Gasteiger partial charge in [-0.05, 0) is 56.2 Å². The Labute approximate surface area is 216 Å². The number of nitrogens with zero attached hydrogens (tertiary/aromatic N) is 2. The van der Waals surface area contributed by atoms with Gasteiger partial charge in [-0.15, -0.1) is 11.3 Å². The second-order valence-electron chi connectivity index (χ2n) is 9.44. The van der Waals surface area contributed by atoms with Crippen molar-refractivity contribution < 1.29 is 19.0 Å². The lowest BCUT2D eigenvalue weighted by atomic mass is 9.83. The fraction of sp³-hybridized carbons (Fsp3) is 0.429. The summed E-state index contributed by atoms with van der Waals surface area (Å²) in [6, 6.07) is 15.7. The molecule has 2 aromatic carbocycles. The molecule has 0 radical (unpaired) electrons. The van der Waals surface area contributed by atoms with Crippen LogP contribution in [-0.2, 0) is 4.79 Å². The summed E-state index contributed by atoms with van der Waals surface area (Å²) in [5.41, 5.74) is 0.626. The quantitative estimate of drug-likeness (QED) is 0.344. The van der Waals surface area contributed by atoms with Gasteiger partial charge in [0.1, 0.15) is 23.3 Å². The molecule has 4 rings (SSSR count). The number of para-hydroxylation sites is 1. The van der Waals surface area contributed by atoms with Crippen molar-refractivity contribution in [2.45, 2.75) is 57.7 Å². The van der Waals surface area contributed by atoms with E-state index in [0.717, 1.165) is 35.4 Å². The summed E-state index contributed by atoms with van der Waals surface area (Å²) < 4.78 is 19.5. The van der Waals surface area contributed by atoms with E-state index in [1.54, 1.807) is 12.1 Å². The predicted octanol–water partition coefficient (Wildman–Crippen LogP) is 5.66. The van der Waals surface area contributed by atoms with Crippen LogP contribution >= 0.6 is 11.3 Å². The Kier molecular flexibility index (Phi) is 8.72. The van der Waals surface area contributed by atoms with Gasteiger partial charge < -0.3 is 15.2 Å². The molecule has 1 aromatic heterocycles. The van der Waals surface area contributed by atoms with Gasteiger partial charge in [-0.2, -0.15) is 0 Å². The number of piperidine rings is 1. The number of likely N-dealkylation sites (tertiary alicyclic amines) is 1. The van der Waals surface area contributed by atoms with Crippen LogP contribution in [0.25, 0.3) is 11.3 Å². The van der Waals surface area contributed by atoms with E-state index in [1.807, 2.05) is 42.2 Å². The van der Waals surface area contributed by atoms with Crippen LogP contribution in [0.2, 0.25) is 0 Å². The molecule has 0 aliphatic carbocycles. The van der Waals surface area contributed by atoms with E-state index in [2.05, 4.69) is 17.2 Å². The lowest BCUT2D eigenvalue weighted by Crippen LogP contribution is -2.58. The highest BCUT2D eigenvalue weighted by atomic mass is 32.1. The molecule has 1 aliphatic rings. The number of nitrogens with one attached hydrogen (secondary N) is 1. The van der Waals surface area contributed by atoms with Crippen LogP contribution in [0.5, 0.6) is 5.75 Å². The minimum Gasteiger partial charge on any atom is -0.486 e. The number of ether oxygens (including phenoxy) is 1. The maximum Gasteiger partial charge on any atom is 0.240 e. The SMILES string of the molecule is CCCCC[C@]1(O)CCN(CC(=O)Nc2nc(-c3ccc(F)cc3)c(C)s2)C[C@@H]1Oc1ccccc1. The molecule has 3 aromatic rings. The lowest BCUT2D eigenvalue weighted by Gasteiger charge is -2.44. The number of halogens is 1. The number of benzene rings is 2. The van der Waals surface area contributed by atoms with Gasteiger partial charge in [0.25, 0.3) is 0 Å². The van der Waals surface area contributed by atoms with Crippen molar-refractivity contribution in [1.29, 1.82) is 0 Å². The second kappa shape index (κ2) is 12.0. The number of aliphatic hydroxyl groups is 1. The maximum atomic E-state index is 13.3. The zero-order chi connectivity index (χ0) is 25.5. The van der Waals surface area contributed by atoms with E-state index in [9.17, 15) is 14.3 Å². The number of rotatable bonds is 10. The number of carbonyl (C=O) groups excluding carboxylic acids is 1. The number of anilines is 1. The largest absolute Gasteiger partial charge is 0.486 e.